The van der Waals surface area contributed by atoms with Gasteiger partial charge in [-0.15, -0.1) is 0 Å². The average molecular weight is 588 g/mol. The van der Waals surface area contributed by atoms with E-state index in [0.29, 0.717) is 0 Å². The van der Waals surface area contributed by atoms with Crippen molar-refractivity contribution in [2.24, 2.45) is 0 Å². The first-order valence-corrected chi connectivity index (χ1v) is 15.7. The van der Waals surface area contributed by atoms with Crippen LogP contribution in [0.3, 0.4) is 0 Å². The van der Waals surface area contributed by atoms with Gasteiger partial charge in [0.05, 0.1) is 5.69 Å². The summed E-state index contributed by atoms with van der Waals surface area (Å²) in [5.74, 6) is 0. The second-order valence-corrected chi connectivity index (χ2v) is 11.7. The van der Waals surface area contributed by atoms with Crippen LogP contribution in [0.1, 0.15) is 0 Å². The van der Waals surface area contributed by atoms with Crippen molar-refractivity contribution in [3.8, 4) is 22.3 Å². The van der Waals surface area contributed by atoms with E-state index in [-0.39, 0.29) is 0 Å². The summed E-state index contributed by atoms with van der Waals surface area (Å²) in [5.41, 5.74) is 9.87. The second-order valence-electron chi connectivity index (χ2n) is 11.7. The van der Waals surface area contributed by atoms with Gasteiger partial charge >= 0.3 is 0 Å². The molecule has 0 aliphatic carbocycles. The van der Waals surface area contributed by atoms with Crippen LogP contribution in [0.15, 0.2) is 180 Å². The second kappa shape index (κ2) is 10.8. The molecule has 0 saturated carbocycles. The molecule has 1 heterocycles. The lowest BCUT2D eigenvalue weighted by molar-refractivity contribution is 0.669. The van der Waals surface area contributed by atoms with E-state index in [4.69, 9.17) is 4.42 Å². The Bertz CT molecular complexity index is 2530. The van der Waals surface area contributed by atoms with Crippen molar-refractivity contribution in [2.75, 3.05) is 4.90 Å². The van der Waals surface area contributed by atoms with Gasteiger partial charge in [0, 0.05) is 33.6 Å². The molecular weight excluding hydrogens is 558 g/mol. The molecule has 9 rings (SSSR count). The molecule has 216 valence electrons. The third-order valence-electron chi connectivity index (χ3n) is 9.06. The normalized spacial score (nSPS) is 11.5. The predicted molar refractivity (Wildman–Crippen MR) is 194 cm³/mol. The van der Waals surface area contributed by atoms with Gasteiger partial charge in [-0.25, -0.2) is 0 Å². The quantitative estimate of drug-likeness (QED) is 0.186. The monoisotopic (exact) mass is 587 g/mol. The minimum atomic E-state index is 0.877. The van der Waals surface area contributed by atoms with Crippen molar-refractivity contribution < 1.29 is 4.42 Å². The number of anilines is 3. The molecule has 1 aromatic heterocycles. The molecule has 0 saturated heterocycles. The molecule has 0 N–H and O–H groups in total. The number of benzene rings is 8. The molecule has 0 unspecified atom stereocenters. The lowest BCUT2D eigenvalue weighted by Crippen LogP contribution is -2.10. The SMILES string of the molecule is c1ccc(-c2ccccc2-c2ccc(N(c3ccc4c(c3)oc3ccccc34)c3cc4ccccc4c4ccccc34)cc2)cc1. The molecular formula is C44H29NO. The number of furan rings is 1. The summed E-state index contributed by atoms with van der Waals surface area (Å²) in [4.78, 5) is 2.37. The summed E-state index contributed by atoms with van der Waals surface area (Å²) in [6.45, 7) is 0. The standard InChI is InChI=1S/C44H29NO/c1-2-12-30(13-3-1)35-15-6-7-16-36(35)31-22-24-33(25-23-31)45(34-26-27-41-40-20-10-11-21-43(40)46-44(41)29-34)42-28-32-14-4-5-17-37(32)38-18-8-9-19-39(38)42/h1-29H. The van der Waals surface area contributed by atoms with Crippen molar-refractivity contribution in [2.45, 2.75) is 0 Å². The third kappa shape index (κ3) is 4.35. The summed E-state index contributed by atoms with van der Waals surface area (Å²) in [5, 5.41) is 7.15. The number of rotatable bonds is 5. The number of hydrogen-bond donors (Lipinski definition) is 0. The zero-order valence-electron chi connectivity index (χ0n) is 25.1. The first-order chi connectivity index (χ1) is 22.8. The fraction of sp³-hybridized carbons (Fsp3) is 0. The fourth-order valence-electron chi connectivity index (χ4n) is 6.89. The minimum absolute atomic E-state index is 0.877. The Kier molecular flexibility index (Phi) is 6.17. The van der Waals surface area contributed by atoms with Crippen molar-refractivity contribution in [1.29, 1.82) is 0 Å². The highest BCUT2D eigenvalue weighted by atomic mass is 16.3. The highest BCUT2D eigenvalue weighted by molar-refractivity contribution is 6.15. The van der Waals surface area contributed by atoms with E-state index < -0.39 is 0 Å². The van der Waals surface area contributed by atoms with Crippen LogP contribution in [0.5, 0.6) is 0 Å². The first kappa shape index (κ1) is 26.3. The Morgan fingerprint density at radius 1 is 0.348 bits per heavy atom. The molecule has 0 aliphatic rings. The van der Waals surface area contributed by atoms with Crippen molar-refractivity contribution in [1.82, 2.24) is 0 Å². The van der Waals surface area contributed by atoms with Gasteiger partial charge in [-0.1, -0.05) is 133 Å². The van der Waals surface area contributed by atoms with Crippen LogP contribution in [-0.2, 0) is 0 Å². The molecule has 8 aromatic carbocycles. The van der Waals surface area contributed by atoms with Crippen LogP contribution in [-0.4, -0.2) is 0 Å². The fourth-order valence-corrected chi connectivity index (χ4v) is 6.89. The topological polar surface area (TPSA) is 16.4 Å². The van der Waals surface area contributed by atoms with Crippen molar-refractivity contribution >= 4 is 60.5 Å². The zero-order chi connectivity index (χ0) is 30.5. The Labute approximate surface area is 267 Å². The summed E-state index contributed by atoms with van der Waals surface area (Å²) in [6, 6.07) is 62.7. The highest BCUT2D eigenvalue weighted by Crippen LogP contribution is 2.44. The van der Waals surface area contributed by atoms with Crippen LogP contribution in [0.25, 0.3) is 65.7 Å². The van der Waals surface area contributed by atoms with Gasteiger partial charge in [-0.05, 0) is 74.8 Å². The van der Waals surface area contributed by atoms with Gasteiger partial charge in [0.25, 0.3) is 0 Å². The molecule has 0 radical (unpaired) electrons. The predicted octanol–water partition coefficient (Wildman–Crippen LogP) is 12.7. The van der Waals surface area contributed by atoms with Gasteiger partial charge in [-0.2, -0.15) is 0 Å². The summed E-state index contributed by atoms with van der Waals surface area (Å²) in [7, 11) is 0. The van der Waals surface area contributed by atoms with Crippen LogP contribution >= 0.6 is 0 Å². The molecule has 9 aromatic rings. The number of nitrogens with zero attached hydrogens (tertiary/aromatic N) is 1. The Hall–Kier alpha value is -6.12. The van der Waals surface area contributed by atoms with Crippen LogP contribution in [0.2, 0.25) is 0 Å². The maximum atomic E-state index is 6.38. The highest BCUT2D eigenvalue weighted by Gasteiger charge is 2.19. The van der Waals surface area contributed by atoms with Gasteiger partial charge in [0.15, 0.2) is 0 Å². The third-order valence-corrected chi connectivity index (χ3v) is 9.06. The molecule has 0 spiro atoms. The van der Waals surface area contributed by atoms with Gasteiger partial charge in [-0.3, -0.25) is 0 Å². The van der Waals surface area contributed by atoms with E-state index in [9.17, 15) is 0 Å². The average Bonchev–Trinajstić information content (AvgIpc) is 3.50. The summed E-state index contributed by atoms with van der Waals surface area (Å²) < 4.78 is 6.38. The number of para-hydroxylation sites is 1. The van der Waals surface area contributed by atoms with Crippen LogP contribution < -0.4 is 4.90 Å². The van der Waals surface area contributed by atoms with E-state index in [0.717, 1.165) is 39.0 Å². The molecule has 0 atom stereocenters. The molecule has 46 heavy (non-hydrogen) atoms. The molecule has 2 heteroatoms. The largest absolute Gasteiger partial charge is 0.456 e. The van der Waals surface area contributed by atoms with E-state index in [1.807, 2.05) is 12.1 Å². The van der Waals surface area contributed by atoms with E-state index in [1.54, 1.807) is 0 Å². The van der Waals surface area contributed by atoms with E-state index in [1.165, 1.54) is 43.8 Å². The number of fused-ring (bicyclic) bond motifs is 6. The first-order valence-electron chi connectivity index (χ1n) is 15.7. The maximum absolute atomic E-state index is 6.38. The minimum Gasteiger partial charge on any atom is -0.456 e. The lowest BCUT2D eigenvalue weighted by Gasteiger charge is -2.28. The molecule has 0 amide bonds. The Balaban J connectivity index is 1.25. The number of hydrogen-bond acceptors (Lipinski definition) is 2. The molecule has 0 bridgehead atoms. The zero-order valence-corrected chi connectivity index (χ0v) is 25.1. The van der Waals surface area contributed by atoms with E-state index in [2.05, 4.69) is 169 Å². The molecule has 0 aliphatic heterocycles. The van der Waals surface area contributed by atoms with Gasteiger partial charge in [0.1, 0.15) is 11.2 Å². The Morgan fingerprint density at radius 2 is 0.913 bits per heavy atom. The van der Waals surface area contributed by atoms with Gasteiger partial charge in [0.2, 0.25) is 0 Å². The molecule has 0 fully saturated rings. The smallest absolute Gasteiger partial charge is 0.137 e. The molecule has 2 nitrogen and oxygen atoms in total. The Morgan fingerprint density at radius 3 is 1.70 bits per heavy atom. The van der Waals surface area contributed by atoms with Crippen molar-refractivity contribution in [3.63, 3.8) is 0 Å². The van der Waals surface area contributed by atoms with Gasteiger partial charge < -0.3 is 9.32 Å². The van der Waals surface area contributed by atoms with Crippen molar-refractivity contribution in [3.05, 3.63) is 176 Å². The maximum Gasteiger partial charge on any atom is 0.137 e. The summed E-state index contributed by atoms with van der Waals surface area (Å²) >= 11 is 0. The summed E-state index contributed by atoms with van der Waals surface area (Å²) in [6.07, 6.45) is 0. The van der Waals surface area contributed by atoms with Crippen LogP contribution in [0, 0.1) is 0 Å². The lowest BCUT2D eigenvalue weighted by atomic mass is 9.94. The van der Waals surface area contributed by atoms with Crippen LogP contribution in [0.4, 0.5) is 17.1 Å². The van der Waals surface area contributed by atoms with E-state index >= 15 is 0 Å².